The van der Waals surface area contributed by atoms with E-state index in [4.69, 9.17) is 9.47 Å². The highest BCUT2D eigenvalue weighted by molar-refractivity contribution is 5.75. The highest BCUT2D eigenvalue weighted by Gasteiger charge is 2.22. The third-order valence-corrected chi connectivity index (χ3v) is 2.59. The van der Waals surface area contributed by atoms with E-state index in [0.29, 0.717) is 17.6 Å². The zero-order valence-corrected chi connectivity index (χ0v) is 12.5. The van der Waals surface area contributed by atoms with Gasteiger partial charge in [-0.05, 0) is 33.3 Å². The molecular formula is C15H21NO4. The molecule has 110 valence electrons. The second-order valence-electron chi connectivity index (χ2n) is 5.46. The molecule has 0 fully saturated rings. The number of carbonyl (C=O) groups is 2. The first kappa shape index (κ1) is 16.0. The van der Waals surface area contributed by atoms with Crippen molar-refractivity contribution in [2.24, 2.45) is 0 Å². The molecule has 0 heterocycles. The summed E-state index contributed by atoms with van der Waals surface area (Å²) in [5.74, 6) is 0.584. The summed E-state index contributed by atoms with van der Waals surface area (Å²) in [6.07, 6.45) is 0.0134. The summed E-state index contributed by atoms with van der Waals surface area (Å²) < 4.78 is 10.4. The summed E-state index contributed by atoms with van der Waals surface area (Å²) in [6, 6.07) is 4.61. The van der Waals surface area contributed by atoms with Crippen LogP contribution in [0.5, 0.6) is 5.75 Å². The van der Waals surface area contributed by atoms with Gasteiger partial charge >= 0.3 is 6.09 Å². The largest absolute Gasteiger partial charge is 0.496 e. The first-order valence-corrected chi connectivity index (χ1v) is 6.37. The number of methoxy groups -OCH3 is 1. The number of carbonyl (C=O) groups excluding carboxylic acids is 2. The molecule has 1 aromatic carbocycles. The molecule has 0 saturated heterocycles. The van der Waals surface area contributed by atoms with Gasteiger partial charge in [0.05, 0.1) is 7.11 Å². The standard InChI is InChI=1S/C15H21NO4/c1-10-7-6-8-11(13(10)19-5)12(9-17)16-14(18)20-15(2,3)4/h6-9,12H,1-5H3,(H,16,18). The maximum atomic E-state index is 11.8. The Morgan fingerprint density at radius 2 is 2.00 bits per heavy atom. The third kappa shape index (κ3) is 4.26. The van der Waals surface area contributed by atoms with Gasteiger partial charge in [0.15, 0.2) is 0 Å². The first-order valence-electron chi connectivity index (χ1n) is 6.37. The van der Waals surface area contributed by atoms with Crippen LogP contribution in [-0.2, 0) is 9.53 Å². The maximum absolute atomic E-state index is 11.8. The van der Waals surface area contributed by atoms with Crippen LogP contribution in [0, 0.1) is 6.92 Å². The summed E-state index contributed by atoms with van der Waals surface area (Å²) in [4.78, 5) is 23.0. The van der Waals surface area contributed by atoms with Crippen LogP contribution in [0.2, 0.25) is 0 Å². The predicted molar refractivity (Wildman–Crippen MR) is 75.9 cm³/mol. The number of hydrogen-bond donors (Lipinski definition) is 1. The zero-order chi connectivity index (χ0) is 15.3. The highest BCUT2D eigenvalue weighted by Crippen LogP contribution is 2.27. The average molecular weight is 279 g/mol. The van der Waals surface area contributed by atoms with E-state index in [1.807, 2.05) is 13.0 Å². The SMILES string of the molecule is COc1c(C)cccc1C(C=O)NC(=O)OC(C)(C)C. The van der Waals surface area contributed by atoms with Crippen LogP contribution in [0.1, 0.15) is 37.9 Å². The number of aldehydes is 1. The predicted octanol–water partition coefficient (Wildman–Crippen LogP) is 2.77. The van der Waals surface area contributed by atoms with Crippen molar-refractivity contribution >= 4 is 12.4 Å². The molecule has 5 heteroatoms. The van der Waals surface area contributed by atoms with Gasteiger partial charge in [0, 0.05) is 5.56 Å². The molecule has 20 heavy (non-hydrogen) atoms. The Morgan fingerprint density at radius 3 is 2.50 bits per heavy atom. The van der Waals surface area contributed by atoms with Gasteiger partial charge in [-0.1, -0.05) is 18.2 Å². The fraction of sp³-hybridized carbons (Fsp3) is 0.467. The minimum atomic E-state index is -0.806. The second kappa shape index (κ2) is 6.41. The van der Waals surface area contributed by atoms with E-state index in [1.165, 1.54) is 7.11 Å². The van der Waals surface area contributed by atoms with Crippen molar-refractivity contribution in [3.63, 3.8) is 0 Å². The van der Waals surface area contributed by atoms with Crippen molar-refractivity contribution in [1.29, 1.82) is 0 Å². The lowest BCUT2D eigenvalue weighted by molar-refractivity contribution is -0.109. The van der Waals surface area contributed by atoms with Crippen LogP contribution in [0.25, 0.3) is 0 Å². The Hall–Kier alpha value is -2.04. The lowest BCUT2D eigenvalue weighted by Gasteiger charge is -2.22. The normalized spacial score (nSPS) is 12.4. The minimum absolute atomic E-state index is 0.584. The minimum Gasteiger partial charge on any atom is -0.496 e. The Balaban J connectivity index is 2.95. The van der Waals surface area contributed by atoms with Gasteiger partial charge in [-0.15, -0.1) is 0 Å². The Kier molecular flexibility index (Phi) is 5.13. The Bertz CT molecular complexity index is 491. The molecular weight excluding hydrogens is 258 g/mol. The number of nitrogens with one attached hydrogen (secondary N) is 1. The van der Waals surface area contributed by atoms with E-state index in [0.717, 1.165) is 5.56 Å². The van der Waals surface area contributed by atoms with E-state index in [9.17, 15) is 9.59 Å². The molecule has 1 rings (SSSR count). The topological polar surface area (TPSA) is 64.6 Å². The monoisotopic (exact) mass is 279 g/mol. The highest BCUT2D eigenvalue weighted by atomic mass is 16.6. The number of rotatable bonds is 4. The lowest BCUT2D eigenvalue weighted by atomic mass is 10.0. The number of aryl methyl sites for hydroxylation is 1. The number of hydrogen-bond acceptors (Lipinski definition) is 4. The van der Waals surface area contributed by atoms with Crippen molar-refractivity contribution < 1.29 is 19.1 Å². The van der Waals surface area contributed by atoms with Gasteiger partial charge in [-0.3, -0.25) is 0 Å². The summed E-state index contributed by atoms with van der Waals surface area (Å²) >= 11 is 0. The van der Waals surface area contributed by atoms with Gasteiger partial charge in [0.25, 0.3) is 0 Å². The summed E-state index contributed by atoms with van der Waals surface area (Å²) in [6.45, 7) is 7.15. The fourth-order valence-electron chi connectivity index (χ4n) is 1.82. The van der Waals surface area contributed by atoms with Crippen molar-refractivity contribution in [1.82, 2.24) is 5.32 Å². The number of amides is 1. The molecule has 0 bridgehead atoms. The molecule has 0 aromatic heterocycles. The van der Waals surface area contributed by atoms with E-state index in [-0.39, 0.29) is 0 Å². The van der Waals surface area contributed by atoms with Crippen LogP contribution < -0.4 is 10.1 Å². The molecule has 0 saturated carbocycles. The van der Waals surface area contributed by atoms with Crippen LogP contribution >= 0.6 is 0 Å². The van der Waals surface area contributed by atoms with E-state index >= 15 is 0 Å². The molecule has 0 aliphatic heterocycles. The van der Waals surface area contributed by atoms with Crippen molar-refractivity contribution in [3.05, 3.63) is 29.3 Å². The van der Waals surface area contributed by atoms with Gasteiger partial charge in [-0.2, -0.15) is 0 Å². The van der Waals surface area contributed by atoms with Crippen molar-refractivity contribution in [2.45, 2.75) is 39.3 Å². The molecule has 1 aromatic rings. The quantitative estimate of drug-likeness (QED) is 0.861. The van der Waals surface area contributed by atoms with Crippen LogP contribution in [0.15, 0.2) is 18.2 Å². The molecule has 1 unspecified atom stereocenters. The number of ether oxygens (including phenoxy) is 2. The van der Waals surface area contributed by atoms with E-state index < -0.39 is 17.7 Å². The molecule has 1 atom stereocenters. The number of alkyl carbamates (subject to hydrolysis) is 1. The van der Waals surface area contributed by atoms with Gasteiger partial charge < -0.3 is 19.6 Å². The fourth-order valence-corrected chi connectivity index (χ4v) is 1.82. The van der Waals surface area contributed by atoms with Crippen LogP contribution in [0.4, 0.5) is 4.79 Å². The summed E-state index contributed by atoms with van der Waals surface area (Å²) in [5, 5.41) is 2.53. The molecule has 0 aliphatic carbocycles. The molecule has 0 spiro atoms. The molecule has 1 amide bonds. The number of benzene rings is 1. The smallest absolute Gasteiger partial charge is 0.408 e. The zero-order valence-electron chi connectivity index (χ0n) is 12.5. The summed E-state index contributed by atoms with van der Waals surface area (Å²) in [7, 11) is 1.53. The van der Waals surface area contributed by atoms with E-state index in [1.54, 1.807) is 32.9 Å². The second-order valence-corrected chi connectivity index (χ2v) is 5.46. The molecule has 1 N–H and O–H groups in total. The average Bonchev–Trinajstić information content (AvgIpc) is 2.33. The Labute approximate surface area is 119 Å². The third-order valence-electron chi connectivity index (χ3n) is 2.59. The van der Waals surface area contributed by atoms with Gasteiger partial charge in [-0.25, -0.2) is 4.79 Å². The van der Waals surface area contributed by atoms with Crippen molar-refractivity contribution in [3.8, 4) is 5.75 Å². The first-order chi connectivity index (χ1) is 9.28. The van der Waals surface area contributed by atoms with Gasteiger partial charge in [0.2, 0.25) is 0 Å². The Morgan fingerprint density at radius 1 is 1.35 bits per heavy atom. The summed E-state index contributed by atoms with van der Waals surface area (Å²) in [5.41, 5.74) is 0.880. The molecule has 5 nitrogen and oxygen atoms in total. The number of para-hydroxylation sites is 1. The van der Waals surface area contributed by atoms with Crippen molar-refractivity contribution in [2.75, 3.05) is 7.11 Å². The van der Waals surface area contributed by atoms with Crippen LogP contribution in [-0.4, -0.2) is 25.1 Å². The maximum Gasteiger partial charge on any atom is 0.408 e. The molecule has 0 aliphatic rings. The van der Waals surface area contributed by atoms with E-state index in [2.05, 4.69) is 5.32 Å². The van der Waals surface area contributed by atoms with Crippen LogP contribution in [0.3, 0.4) is 0 Å². The molecule has 0 radical (unpaired) electrons. The lowest BCUT2D eigenvalue weighted by Crippen LogP contribution is -2.35. The van der Waals surface area contributed by atoms with Gasteiger partial charge in [0.1, 0.15) is 23.7 Å².